The van der Waals surface area contributed by atoms with Crippen LogP contribution in [0.5, 0.6) is 0 Å². The third-order valence-electron chi connectivity index (χ3n) is 1.83. The molecule has 0 aliphatic carbocycles. The van der Waals surface area contributed by atoms with Crippen LogP contribution in [0, 0.1) is 0 Å². The number of hydrogen-bond donors (Lipinski definition) is 1. The van der Waals surface area contributed by atoms with Crippen molar-refractivity contribution in [3.8, 4) is 0 Å². The summed E-state index contributed by atoms with van der Waals surface area (Å²) < 4.78 is 21.9. The molecule has 3 unspecified atom stereocenters. The Balaban J connectivity index is 4.49. The number of hydrogen-bond acceptors (Lipinski definition) is 5. The Morgan fingerprint density at radius 1 is 1.53 bits per heavy atom. The molecule has 17 heavy (non-hydrogen) atoms. The third kappa shape index (κ3) is 6.20. The van der Waals surface area contributed by atoms with Crippen molar-refractivity contribution in [1.82, 2.24) is 0 Å². The van der Waals surface area contributed by atoms with Crippen molar-refractivity contribution in [2.45, 2.75) is 29.9 Å². The summed E-state index contributed by atoms with van der Waals surface area (Å²) in [5, 5.41) is 8.45. The number of rotatable bonds is 7. The molecular weight excluding hydrogens is 303 g/mol. The molecule has 8 heteroatoms. The van der Waals surface area contributed by atoms with Gasteiger partial charge in [-0.15, -0.1) is 0 Å². The SMILES string of the molecule is COC(=O)OC(C(F)C=O)C(Br)CCC(=O)O. The minimum atomic E-state index is -2.05. The summed E-state index contributed by atoms with van der Waals surface area (Å²) in [4.78, 5) is 30.7. The zero-order chi connectivity index (χ0) is 13.4. The van der Waals surface area contributed by atoms with Gasteiger partial charge in [0, 0.05) is 6.42 Å². The van der Waals surface area contributed by atoms with E-state index in [1.54, 1.807) is 0 Å². The normalized spacial score (nSPS) is 15.5. The molecule has 0 bridgehead atoms. The second kappa shape index (κ2) is 7.99. The maximum absolute atomic E-state index is 13.2. The summed E-state index contributed by atoms with van der Waals surface area (Å²) in [7, 11) is 1.04. The number of methoxy groups -OCH3 is 1. The van der Waals surface area contributed by atoms with Gasteiger partial charge >= 0.3 is 12.1 Å². The average Bonchev–Trinajstić information content (AvgIpc) is 2.31. The fourth-order valence-corrected chi connectivity index (χ4v) is 1.63. The van der Waals surface area contributed by atoms with Crippen LogP contribution in [0.1, 0.15) is 12.8 Å². The van der Waals surface area contributed by atoms with Crippen molar-refractivity contribution >= 4 is 34.3 Å². The molecular formula is C9H12BrFO6. The Labute approximate surface area is 105 Å². The van der Waals surface area contributed by atoms with E-state index < -0.39 is 29.2 Å². The molecule has 0 aromatic carbocycles. The molecule has 0 saturated heterocycles. The van der Waals surface area contributed by atoms with Gasteiger partial charge in [0.2, 0.25) is 0 Å². The van der Waals surface area contributed by atoms with Crippen molar-refractivity contribution in [2.75, 3.05) is 7.11 Å². The molecule has 0 aliphatic heterocycles. The van der Waals surface area contributed by atoms with Crippen molar-refractivity contribution in [1.29, 1.82) is 0 Å². The van der Waals surface area contributed by atoms with Crippen LogP contribution in [0.4, 0.5) is 9.18 Å². The van der Waals surface area contributed by atoms with E-state index in [2.05, 4.69) is 25.4 Å². The van der Waals surface area contributed by atoms with Crippen LogP contribution >= 0.6 is 15.9 Å². The van der Waals surface area contributed by atoms with Crippen LogP contribution in [0.3, 0.4) is 0 Å². The van der Waals surface area contributed by atoms with Gasteiger partial charge < -0.3 is 14.6 Å². The number of ether oxygens (including phenoxy) is 2. The van der Waals surface area contributed by atoms with Gasteiger partial charge in [-0.1, -0.05) is 15.9 Å². The summed E-state index contributed by atoms with van der Waals surface area (Å²) in [6, 6.07) is 0. The standard InChI is InChI=1S/C9H12BrFO6/c1-16-9(15)17-8(6(11)4-12)5(10)2-3-7(13)14/h4-6,8H,2-3H2,1H3,(H,13,14). The lowest BCUT2D eigenvalue weighted by atomic mass is 10.1. The number of carbonyl (C=O) groups is 3. The summed E-state index contributed by atoms with van der Waals surface area (Å²) in [5.41, 5.74) is 0. The first-order valence-corrected chi connectivity index (χ1v) is 5.53. The van der Waals surface area contributed by atoms with E-state index >= 15 is 0 Å². The molecule has 98 valence electrons. The molecule has 0 radical (unpaired) electrons. The molecule has 0 saturated carbocycles. The van der Waals surface area contributed by atoms with Crippen molar-refractivity contribution < 1.29 is 33.4 Å². The second-order valence-corrected chi connectivity index (χ2v) is 4.24. The maximum Gasteiger partial charge on any atom is 0.508 e. The number of alkyl halides is 2. The molecule has 0 rings (SSSR count). The first kappa shape index (κ1) is 15.8. The molecule has 0 aliphatic rings. The molecule has 0 aromatic rings. The summed E-state index contributed by atoms with van der Waals surface area (Å²) in [6.07, 6.45) is -4.87. The molecule has 0 spiro atoms. The molecule has 3 atom stereocenters. The Morgan fingerprint density at radius 3 is 2.53 bits per heavy atom. The van der Waals surface area contributed by atoms with Crippen molar-refractivity contribution in [2.24, 2.45) is 0 Å². The third-order valence-corrected chi connectivity index (χ3v) is 2.81. The van der Waals surface area contributed by atoms with Gasteiger partial charge in [0.15, 0.2) is 18.6 Å². The Kier molecular flexibility index (Phi) is 7.44. The zero-order valence-corrected chi connectivity index (χ0v) is 10.6. The maximum atomic E-state index is 13.2. The average molecular weight is 315 g/mol. The quantitative estimate of drug-likeness (QED) is 0.433. The highest BCUT2D eigenvalue weighted by Crippen LogP contribution is 2.20. The molecule has 0 aromatic heterocycles. The van der Waals surface area contributed by atoms with Gasteiger partial charge in [-0.05, 0) is 6.42 Å². The molecule has 0 fully saturated rings. The molecule has 1 N–H and O–H groups in total. The second-order valence-electron chi connectivity index (χ2n) is 3.07. The van der Waals surface area contributed by atoms with Crippen LogP contribution in [0.15, 0.2) is 0 Å². The van der Waals surface area contributed by atoms with E-state index in [0.29, 0.717) is 0 Å². The lowest BCUT2D eigenvalue weighted by Crippen LogP contribution is -2.37. The van der Waals surface area contributed by atoms with E-state index in [4.69, 9.17) is 5.11 Å². The smallest absolute Gasteiger partial charge is 0.481 e. The first-order valence-electron chi connectivity index (χ1n) is 4.62. The fraction of sp³-hybridized carbons (Fsp3) is 0.667. The van der Waals surface area contributed by atoms with Crippen molar-refractivity contribution in [3.63, 3.8) is 0 Å². The monoisotopic (exact) mass is 314 g/mol. The largest absolute Gasteiger partial charge is 0.508 e. The fourth-order valence-electron chi connectivity index (χ4n) is 1.00. The predicted octanol–water partition coefficient (Wildman–Crippen LogP) is 1.30. The van der Waals surface area contributed by atoms with Gasteiger partial charge in [0.05, 0.1) is 11.9 Å². The number of carbonyl (C=O) groups excluding carboxylic acids is 2. The Morgan fingerprint density at radius 2 is 2.12 bits per heavy atom. The first-order chi connectivity index (χ1) is 7.92. The lowest BCUT2D eigenvalue weighted by Gasteiger charge is -2.22. The highest BCUT2D eigenvalue weighted by atomic mass is 79.9. The summed E-state index contributed by atoms with van der Waals surface area (Å²) >= 11 is 2.98. The number of halogens is 2. The van der Waals surface area contributed by atoms with E-state index in [0.717, 1.165) is 7.11 Å². The number of carboxylic acid groups (broad SMARTS) is 1. The number of carboxylic acids is 1. The Bertz CT molecular complexity index is 285. The minimum Gasteiger partial charge on any atom is -0.481 e. The number of aliphatic carboxylic acids is 1. The molecule has 0 amide bonds. The predicted molar refractivity (Wildman–Crippen MR) is 57.8 cm³/mol. The van der Waals surface area contributed by atoms with Crippen molar-refractivity contribution in [3.05, 3.63) is 0 Å². The topological polar surface area (TPSA) is 89.9 Å². The van der Waals surface area contributed by atoms with E-state index in [9.17, 15) is 18.8 Å². The van der Waals surface area contributed by atoms with Crippen LogP contribution < -0.4 is 0 Å². The minimum absolute atomic E-state index is 0.00521. The zero-order valence-electron chi connectivity index (χ0n) is 8.97. The summed E-state index contributed by atoms with van der Waals surface area (Å²) in [6.45, 7) is 0. The lowest BCUT2D eigenvalue weighted by molar-refractivity contribution is -0.137. The van der Waals surface area contributed by atoms with Gasteiger partial charge in [-0.3, -0.25) is 9.59 Å². The van der Waals surface area contributed by atoms with Gasteiger partial charge in [0.1, 0.15) is 0 Å². The van der Waals surface area contributed by atoms with Crippen LogP contribution in [-0.2, 0) is 19.1 Å². The molecule has 6 nitrogen and oxygen atoms in total. The highest BCUT2D eigenvalue weighted by Gasteiger charge is 2.32. The van der Waals surface area contributed by atoms with Crippen LogP contribution in [-0.4, -0.2) is 47.7 Å². The highest BCUT2D eigenvalue weighted by molar-refractivity contribution is 9.09. The van der Waals surface area contributed by atoms with E-state index in [1.165, 1.54) is 0 Å². The van der Waals surface area contributed by atoms with E-state index in [1.807, 2.05) is 0 Å². The summed E-state index contributed by atoms with van der Waals surface area (Å²) in [5.74, 6) is -1.08. The Hall–Kier alpha value is -1.18. The van der Waals surface area contributed by atoms with Gasteiger partial charge in [0.25, 0.3) is 0 Å². The van der Waals surface area contributed by atoms with Crippen LogP contribution in [0.25, 0.3) is 0 Å². The van der Waals surface area contributed by atoms with Gasteiger partial charge in [-0.2, -0.15) is 0 Å². The number of aldehydes is 1. The van der Waals surface area contributed by atoms with Crippen LogP contribution in [0.2, 0.25) is 0 Å². The van der Waals surface area contributed by atoms with E-state index in [-0.39, 0.29) is 19.1 Å². The van der Waals surface area contributed by atoms with Gasteiger partial charge in [-0.25, -0.2) is 9.18 Å². The molecule has 0 heterocycles.